The van der Waals surface area contributed by atoms with Gasteiger partial charge in [0.2, 0.25) is 5.56 Å². The summed E-state index contributed by atoms with van der Waals surface area (Å²) in [5.74, 6) is -3.31. The Kier molecular flexibility index (Phi) is 5.50. The van der Waals surface area contributed by atoms with Crippen LogP contribution in [0.15, 0.2) is 59.4 Å². The number of benzene rings is 2. The molecule has 1 unspecified atom stereocenters. The summed E-state index contributed by atoms with van der Waals surface area (Å²) in [6.07, 6.45) is -1.11. The second-order valence-corrected chi connectivity index (χ2v) is 6.01. The Morgan fingerprint density at radius 1 is 1.11 bits per heavy atom. The Morgan fingerprint density at radius 2 is 1.85 bits per heavy atom. The van der Waals surface area contributed by atoms with Crippen LogP contribution in [0.25, 0.3) is 10.9 Å². The number of aromatic amines is 1. The van der Waals surface area contributed by atoms with Crippen LogP contribution in [-0.2, 0) is 10.8 Å². The summed E-state index contributed by atoms with van der Waals surface area (Å²) >= 11 is 0. The molecule has 0 saturated heterocycles. The molecule has 1 heterocycles. The first kappa shape index (κ1) is 19.0. The van der Waals surface area contributed by atoms with Gasteiger partial charge in [-0.15, -0.1) is 0 Å². The van der Waals surface area contributed by atoms with Crippen molar-refractivity contribution in [2.45, 2.75) is 12.0 Å². The number of alkyl halides is 2. The number of halogens is 2. The van der Waals surface area contributed by atoms with Crippen LogP contribution in [0.4, 0.5) is 8.78 Å². The maximum Gasteiger partial charge on any atom is 0.298 e. The fourth-order valence-electron chi connectivity index (χ4n) is 2.70. The summed E-state index contributed by atoms with van der Waals surface area (Å²) in [6.45, 7) is -1.06. The monoisotopic (exact) mass is 376 g/mol. The van der Waals surface area contributed by atoms with Crippen LogP contribution in [0.2, 0.25) is 0 Å². The van der Waals surface area contributed by atoms with Gasteiger partial charge in [0.25, 0.3) is 5.92 Å². The van der Waals surface area contributed by atoms with E-state index in [9.17, 15) is 23.8 Å². The number of hydrogen-bond acceptors (Lipinski definition) is 5. The van der Waals surface area contributed by atoms with Crippen molar-refractivity contribution in [3.63, 3.8) is 0 Å². The van der Waals surface area contributed by atoms with Crippen molar-refractivity contribution in [1.82, 2.24) is 10.5 Å². The van der Waals surface area contributed by atoms with Crippen molar-refractivity contribution in [2.75, 3.05) is 13.2 Å². The van der Waals surface area contributed by atoms with E-state index in [0.717, 1.165) is 0 Å². The third kappa shape index (κ3) is 4.30. The maximum absolute atomic E-state index is 14.0. The van der Waals surface area contributed by atoms with Crippen molar-refractivity contribution < 1.29 is 23.8 Å². The van der Waals surface area contributed by atoms with Crippen LogP contribution in [-0.4, -0.2) is 28.3 Å². The molecule has 4 N–H and O–H groups in total. The first-order valence-corrected chi connectivity index (χ1v) is 8.19. The Labute approximate surface area is 153 Å². The van der Waals surface area contributed by atoms with E-state index in [-0.39, 0.29) is 23.4 Å². The zero-order valence-corrected chi connectivity index (χ0v) is 14.2. The number of rotatable bonds is 7. The number of H-pyrrole nitrogens is 1. The highest BCUT2D eigenvalue weighted by Crippen LogP contribution is 2.29. The van der Waals surface area contributed by atoms with Crippen molar-refractivity contribution in [2.24, 2.45) is 0 Å². The van der Waals surface area contributed by atoms with Gasteiger partial charge in [0.15, 0.2) is 0 Å². The SMILES string of the molecule is O=c1ccc2c(C(O)CNOCC(F)(F)c3ccccc3)ccc(O)c2[nH]1. The summed E-state index contributed by atoms with van der Waals surface area (Å²) in [5, 5.41) is 20.6. The third-order valence-corrected chi connectivity index (χ3v) is 4.09. The average Bonchev–Trinajstić information content (AvgIpc) is 2.66. The zero-order chi connectivity index (χ0) is 19.4. The van der Waals surface area contributed by atoms with Gasteiger partial charge in [-0.05, 0) is 17.7 Å². The Morgan fingerprint density at radius 3 is 2.59 bits per heavy atom. The number of fused-ring (bicyclic) bond motifs is 1. The van der Waals surface area contributed by atoms with Gasteiger partial charge >= 0.3 is 0 Å². The van der Waals surface area contributed by atoms with E-state index >= 15 is 0 Å². The number of nitrogens with one attached hydrogen (secondary N) is 2. The average molecular weight is 376 g/mol. The molecule has 0 amide bonds. The predicted octanol–water partition coefficient (Wildman–Crippen LogP) is 2.58. The van der Waals surface area contributed by atoms with Gasteiger partial charge in [-0.3, -0.25) is 9.63 Å². The van der Waals surface area contributed by atoms with E-state index in [4.69, 9.17) is 4.84 Å². The normalized spacial score (nSPS) is 13.0. The molecule has 27 heavy (non-hydrogen) atoms. The van der Waals surface area contributed by atoms with Crippen LogP contribution < -0.4 is 11.0 Å². The summed E-state index contributed by atoms with van der Waals surface area (Å²) in [7, 11) is 0. The number of aliphatic hydroxyl groups excluding tert-OH is 1. The van der Waals surface area contributed by atoms with Crippen LogP contribution in [0, 0.1) is 0 Å². The van der Waals surface area contributed by atoms with E-state index in [1.165, 1.54) is 48.5 Å². The summed E-state index contributed by atoms with van der Waals surface area (Å²) in [4.78, 5) is 18.7. The quantitative estimate of drug-likeness (QED) is 0.376. The minimum Gasteiger partial charge on any atom is -0.506 e. The molecule has 0 radical (unpaired) electrons. The fourth-order valence-corrected chi connectivity index (χ4v) is 2.70. The highest BCUT2D eigenvalue weighted by molar-refractivity contribution is 5.87. The van der Waals surface area contributed by atoms with Crippen LogP contribution >= 0.6 is 0 Å². The molecule has 142 valence electrons. The van der Waals surface area contributed by atoms with E-state index in [1.807, 2.05) is 0 Å². The molecule has 0 bridgehead atoms. The molecule has 2 aromatic carbocycles. The Hall–Kier alpha value is -2.81. The molecule has 0 spiro atoms. The van der Waals surface area contributed by atoms with Gasteiger partial charge in [0, 0.05) is 17.0 Å². The number of phenols is 1. The van der Waals surface area contributed by atoms with E-state index in [1.54, 1.807) is 6.07 Å². The minimum absolute atomic E-state index is 0.134. The van der Waals surface area contributed by atoms with Gasteiger partial charge in [-0.2, -0.15) is 14.3 Å². The number of hydroxylamine groups is 1. The van der Waals surface area contributed by atoms with E-state index in [0.29, 0.717) is 10.9 Å². The fraction of sp³-hybridized carbons (Fsp3) is 0.211. The van der Waals surface area contributed by atoms with Crippen molar-refractivity contribution in [3.05, 3.63) is 76.1 Å². The molecule has 0 fully saturated rings. The lowest BCUT2D eigenvalue weighted by Crippen LogP contribution is -2.29. The Bertz CT molecular complexity index is 976. The molecular weight excluding hydrogens is 358 g/mol. The largest absolute Gasteiger partial charge is 0.506 e. The van der Waals surface area contributed by atoms with Crippen molar-refractivity contribution >= 4 is 10.9 Å². The third-order valence-electron chi connectivity index (χ3n) is 4.09. The smallest absolute Gasteiger partial charge is 0.298 e. The first-order chi connectivity index (χ1) is 12.9. The van der Waals surface area contributed by atoms with Gasteiger partial charge in [-0.25, -0.2) is 0 Å². The molecule has 6 nitrogen and oxygen atoms in total. The highest BCUT2D eigenvalue weighted by Gasteiger charge is 2.32. The molecule has 0 aliphatic rings. The molecule has 0 aliphatic heterocycles. The van der Waals surface area contributed by atoms with E-state index < -0.39 is 24.2 Å². The number of hydrogen-bond donors (Lipinski definition) is 4. The highest BCUT2D eigenvalue weighted by atomic mass is 19.3. The van der Waals surface area contributed by atoms with Crippen LogP contribution in [0.3, 0.4) is 0 Å². The van der Waals surface area contributed by atoms with Crippen LogP contribution in [0.1, 0.15) is 17.2 Å². The van der Waals surface area contributed by atoms with Crippen molar-refractivity contribution in [3.8, 4) is 5.75 Å². The van der Waals surface area contributed by atoms with Crippen LogP contribution in [0.5, 0.6) is 5.75 Å². The molecule has 1 atom stereocenters. The minimum atomic E-state index is -3.18. The number of aliphatic hydroxyl groups is 1. The van der Waals surface area contributed by atoms with Crippen molar-refractivity contribution in [1.29, 1.82) is 0 Å². The van der Waals surface area contributed by atoms with Gasteiger partial charge in [0.05, 0.1) is 18.2 Å². The molecule has 1 aromatic heterocycles. The van der Waals surface area contributed by atoms with Gasteiger partial charge in [0.1, 0.15) is 12.4 Å². The second kappa shape index (κ2) is 7.83. The molecule has 3 aromatic rings. The lowest BCUT2D eigenvalue weighted by molar-refractivity contribution is -0.116. The first-order valence-electron chi connectivity index (χ1n) is 8.19. The lowest BCUT2D eigenvalue weighted by atomic mass is 10.0. The number of pyridine rings is 1. The van der Waals surface area contributed by atoms with E-state index in [2.05, 4.69) is 10.5 Å². The maximum atomic E-state index is 14.0. The van der Waals surface area contributed by atoms with Gasteiger partial charge in [-0.1, -0.05) is 36.4 Å². The zero-order valence-electron chi connectivity index (χ0n) is 14.2. The van der Waals surface area contributed by atoms with Gasteiger partial charge < -0.3 is 15.2 Å². The molecule has 0 aliphatic carbocycles. The summed E-state index contributed by atoms with van der Waals surface area (Å²) < 4.78 is 28.0. The molecule has 3 rings (SSSR count). The Balaban J connectivity index is 1.63. The predicted molar refractivity (Wildman–Crippen MR) is 95.5 cm³/mol. The number of aromatic hydroxyl groups is 1. The second-order valence-electron chi connectivity index (χ2n) is 6.01. The number of phenolic OH excluding ortho intramolecular Hbond substituents is 1. The lowest BCUT2D eigenvalue weighted by Gasteiger charge is -2.18. The topological polar surface area (TPSA) is 94.6 Å². The molecular formula is C19H18F2N2O4. The number of aromatic nitrogens is 1. The standard InChI is InChI=1S/C19H18F2N2O4/c20-19(21,12-4-2-1-3-5-12)11-27-22-10-16(25)13-6-8-15(24)18-14(13)7-9-17(26)23-18/h1-9,16,22,24-25H,10-11H2,(H,23,26). The summed E-state index contributed by atoms with van der Waals surface area (Å²) in [6, 6.07) is 12.8. The molecule has 0 saturated carbocycles. The summed E-state index contributed by atoms with van der Waals surface area (Å²) in [5.41, 5.74) is 2.37. The molecule has 8 heteroatoms.